The zero-order chi connectivity index (χ0) is 12.6. The molecule has 0 radical (unpaired) electrons. The highest BCUT2D eigenvalue weighted by Crippen LogP contribution is 2.22. The minimum atomic E-state index is -0.233. The van der Waals surface area contributed by atoms with Gasteiger partial charge in [-0.3, -0.25) is 0 Å². The molecule has 1 aromatic heterocycles. The van der Waals surface area contributed by atoms with Crippen molar-refractivity contribution in [3.63, 3.8) is 0 Å². The smallest absolute Gasteiger partial charge is 0.339 e. The normalized spacial score (nSPS) is 11.1. The van der Waals surface area contributed by atoms with Crippen LogP contribution in [-0.2, 0) is 0 Å². The number of anilines is 1. The molecule has 0 N–H and O–H groups in total. The molecule has 17 heavy (non-hydrogen) atoms. The van der Waals surface area contributed by atoms with Crippen LogP contribution in [0.5, 0.6) is 0 Å². The summed E-state index contributed by atoms with van der Waals surface area (Å²) in [7, 11) is 3.92. The lowest BCUT2D eigenvalue weighted by Gasteiger charge is -2.12. The fourth-order valence-corrected chi connectivity index (χ4v) is 1.80. The summed E-state index contributed by atoms with van der Waals surface area (Å²) in [5.41, 5.74) is 2.17. The highest BCUT2D eigenvalue weighted by molar-refractivity contribution is 5.81. The molecule has 3 heteroatoms. The molecule has 0 atom stereocenters. The topological polar surface area (TPSA) is 33.5 Å². The molecular weight excluding hydrogens is 214 g/mol. The van der Waals surface area contributed by atoms with Gasteiger partial charge >= 0.3 is 5.63 Å². The first-order valence-corrected chi connectivity index (χ1v) is 5.74. The summed E-state index contributed by atoms with van der Waals surface area (Å²) in [6, 6.07) is 7.82. The quantitative estimate of drug-likeness (QED) is 0.745. The lowest BCUT2D eigenvalue weighted by Crippen LogP contribution is -2.10. The highest BCUT2D eigenvalue weighted by Gasteiger charge is 2.09. The summed E-state index contributed by atoms with van der Waals surface area (Å²) in [5, 5.41) is 0.971. The lowest BCUT2D eigenvalue weighted by molar-refractivity contribution is 0.544. The molecule has 0 aliphatic rings. The van der Waals surface area contributed by atoms with Crippen LogP contribution in [0.3, 0.4) is 0 Å². The zero-order valence-electron chi connectivity index (χ0n) is 10.7. The van der Waals surface area contributed by atoms with Gasteiger partial charge in [0.1, 0.15) is 5.58 Å². The molecule has 0 saturated carbocycles. The van der Waals surface area contributed by atoms with E-state index in [-0.39, 0.29) is 11.5 Å². The van der Waals surface area contributed by atoms with Gasteiger partial charge in [0.25, 0.3) is 0 Å². The van der Waals surface area contributed by atoms with E-state index in [9.17, 15) is 4.79 Å². The second-order valence-electron chi connectivity index (χ2n) is 4.76. The third-order valence-corrected chi connectivity index (χ3v) is 2.88. The second-order valence-corrected chi connectivity index (χ2v) is 4.76. The van der Waals surface area contributed by atoms with E-state index in [1.54, 1.807) is 0 Å². The fraction of sp³-hybridized carbons (Fsp3) is 0.357. The van der Waals surface area contributed by atoms with Crippen LogP contribution in [0.25, 0.3) is 11.0 Å². The maximum absolute atomic E-state index is 11.8. The number of fused-ring (bicyclic) bond motifs is 1. The first-order chi connectivity index (χ1) is 7.99. The van der Waals surface area contributed by atoms with E-state index in [4.69, 9.17) is 4.42 Å². The van der Waals surface area contributed by atoms with E-state index in [1.165, 1.54) is 0 Å². The Kier molecular flexibility index (Phi) is 2.92. The van der Waals surface area contributed by atoms with Gasteiger partial charge in [0, 0.05) is 36.8 Å². The van der Waals surface area contributed by atoms with Crippen LogP contribution in [-0.4, -0.2) is 14.1 Å². The van der Waals surface area contributed by atoms with Gasteiger partial charge in [0.15, 0.2) is 0 Å². The molecule has 0 fully saturated rings. The van der Waals surface area contributed by atoms with Gasteiger partial charge in [0.05, 0.1) is 0 Å². The predicted molar refractivity (Wildman–Crippen MR) is 70.9 cm³/mol. The highest BCUT2D eigenvalue weighted by atomic mass is 16.4. The summed E-state index contributed by atoms with van der Waals surface area (Å²) < 4.78 is 5.36. The molecule has 2 rings (SSSR count). The summed E-state index contributed by atoms with van der Waals surface area (Å²) >= 11 is 0. The Balaban J connectivity index is 2.66. The van der Waals surface area contributed by atoms with Crippen LogP contribution >= 0.6 is 0 Å². The first-order valence-electron chi connectivity index (χ1n) is 5.74. The molecule has 0 aliphatic carbocycles. The fourth-order valence-electron chi connectivity index (χ4n) is 1.80. The first kappa shape index (κ1) is 11.7. The van der Waals surface area contributed by atoms with Gasteiger partial charge in [-0.2, -0.15) is 0 Å². The third kappa shape index (κ3) is 2.18. The third-order valence-electron chi connectivity index (χ3n) is 2.88. The second kappa shape index (κ2) is 4.24. The van der Waals surface area contributed by atoms with Gasteiger partial charge in [-0.25, -0.2) is 4.79 Å². The van der Waals surface area contributed by atoms with Crippen LogP contribution in [0.15, 0.2) is 33.5 Å². The van der Waals surface area contributed by atoms with E-state index in [0.717, 1.165) is 16.6 Å². The molecule has 1 heterocycles. The average molecular weight is 231 g/mol. The standard InChI is InChI=1S/C14H17NO2/c1-9(2)12-7-10-5-6-11(15(3)4)8-13(10)17-14(12)16/h5-9H,1-4H3. The Morgan fingerprint density at radius 2 is 1.88 bits per heavy atom. The maximum atomic E-state index is 11.8. The van der Waals surface area contributed by atoms with E-state index in [2.05, 4.69) is 0 Å². The van der Waals surface area contributed by atoms with Crippen LogP contribution in [0.4, 0.5) is 5.69 Å². The van der Waals surface area contributed by atoms with E-state index >= 15 is 0 Å². The summed E-state index contributed by atoms with van der Waals surface area (Å²) in [6.07, 6.45) is 0. The van der Waals surface area contributed by atoms with Crippen molar-refractivity contribution in [3.8, 4) is 0 Å². The van der Waals surface area contributed by atoms with Crippen LogP contribution in [0.1, 0.15) is 25.3 Å². The molecule has 2 aromatic rings. The molecule has 0 saturated heterocycles. The van der Waals surface area contributed by atoms with Crippen molar-refractivity contribution < 1.29 is 4.42 Å². The molecular formula is C14H17NO2. The van der Waals surface area contributed by atoms with Crippen molar-refractivity contribution in [2.45, 2.75) is 19.8 Å². The van der Waals surface area contributed by atoms with Gasteiger partial charge in [-0.1, -0.05) is 13.8 Å². The van der Waals surface area contributed by atoms with Crippen molar-refractivity contribution in [3.05, 3.63) is 40.2 Å². The zero-order valence-corrected chi connectivity index (χ0v) is 10.7. The van der Waals surface area contributed by atoms with Crippen LogP contribution in [0.2, 0.25) is 0 Å². The monoisotopic (exact) mass is 231 g/mol. The average Bonchev–Trinajstić information content (AvgIpc) is 2.26. The minimum absolute atomic E-state index is 0.184. The van der Waals surface area contributed by atoms with Gasteiger partial charge < -0.3 is 9.32 Å². The Morgan fingerprint density at radius 1 is 1.18 bits per heavy atom. The van der Waals surface area contributed by atoms with E-state index in [0.29, 0.717) is 5.58 Å². The van der Waals surface area contributed by atoms with Crippen LogP contribution in [0, 0.1) is 0 Å². The van der Waals surface area contributed by atoms with E-state index in [1.807, 2.05) is 57.1 Å². The molecule has 0 bridgehead atoms. The Morgan fingerprint density at radius 3 is 2.47 bits per heavy atom. The maximum Gasteiger partial charge on any atom is 0.339 e. The van der Waals surface area contributed by atoms with E-state index < -0.39 is 0 Å². The Bertz CT molecular complexity index is 597. The van der Waals surface area contributed by atoms with Crippen molar-refractivity contribution >= 4 is 16.7 Å². The Hall–Kier alpha value is -1.77. The number of nitrogens with zero attached hydrogens (tertiary/aromatic N) is 1. The molecule has 0 aliphatic heterocycles. The van der Waals surface area contributed by atoms with Gasteiger partial charge in [0.2, 0.25) is 0 Å². The molecule has 0 amide bonds. The molecule has 1 aromatic carbocycles. The molecule has 0 spiro atoms. The molecule has 90 valence electrons. The predicted octanol–water partition coefficient (Wildman–Crippen LogP) is 2.98. The van der Waals surface area contributed by atoms with Crippen molar-refractivity contribution in [2.75, 3.05) is 19.0 Å². The minimum Gasteiger partial charge on any atom is -0.422 e. The largest absolute Gasteiger partial charge is 0.422 e. The van der Waals surface area contributed by atoms with Crippen molar-refractivity contribution in [2.24, 2.45) is 0 Å². The number of hydrogen-bond donors (Lipinski definition) is 0. The SMILES string of the molecule is CC(C)c1cc2ccc(N(C)C)cc2oc1=O. The number of hydrogen-bond acceptors (Lipinski definition) is 3. The number of benzene rings is 1. The summed E-state index contributed by atoms with van der Waals surface area (Å²) in [6.45, 7) is 3.98. The van der Waals surface area contributed by atoms with Crippen molar-refractivity contribution in [1.29, 1.82) is 0 Å². The van der Waals surface area contributed by atoms with Gasteiger partial charge in [-0.15, -0.1) is 0 Å². The molecule has 0 unspecified atom stereocenters. The summed E-state index contributed by atoms with van der Waals surface area (Å²) in [4.78, 5) is 13.8. The van der Waals surface area contributed by atoms with Crippen LogP contribution < -0.4 is 10.5 Å². The van der Waals surface area contributed by atoms with Crippen molar-refractivity contribution in [1.82, 2.24) is 0 Å². The van der Waals surface area contributed by atoms with Gasteiger partial charge in [-0.05, 0) is 24.1 Å². The Labute approximate surface area is 101 Å². The molecule has 3 nitrogen and oxygen atoms in total. The number of rotatable bonds is 2. The lowest BCUT2D eigenvalue weighted by atomic mass is 10.0. The summed E-state index contributed by atoms with van der Waals surface area (Å²) in [5.74, 6) is 0.184.